The maximum absolute atomic E-state index is 12.4. The first-order valence-corrected chi connectivity index (χ1v) is 8.70. The zero-order valence-corrected chi connectivity index (χ0v) is 17.8. The van der Waals surface area contributed by atoms with Gasteiger partial charge in [-0.2, -0.15) is 0 Å². The highest BCUT2D eigenvalue weighted by molar-refractivity contribution is 5.86. The minimum absolute atomic E-state index is 0. The fourth-order valence-electron chi connectivity index (χ4n) is 3.34. The number of nitrogens with one attached hydrogen (secondary N) is 1. The molecular formula is C18H31Cl3N4O. The molecule has 0 bridgehead atoms. The first-order chi connectivity index (χ1) is 11.2. The van der Waals surface area contributed by atoms with E-state index in [2.05, 4.69) is 46.3 Å². The van der Waals surface area contributed by atoms with Crippen LogP contribution in [-0.2, 0) is 11.3 Å². The van der Waals surface area contributed by atoms with E-state index in [9.17, 15) is 4.79 Å². The number of rotatable bonds is 4. The number of hydrogen-bond acceptors (Lipinski definition) is 4. The molecule has 3 rings (SSSR count). The van der Waals surface area contributed by atoms with Gasteiger partial charge in [-0.1, -0.05) is 24.3 Å². The quantitative estimate of drug-likeness (QED) is 0.798. The van der Waals surface area contributed by atoms with Gasteiger partial charge in [0.2, 0.25) is 5.91 Å². The summed E-state index contributed by atoms with van der Waals surface area (Å²) >= 11 is 0. The van der Waals surface area contributed by atoms with Gasteiger partial charge in [0.05, 0.1) is 6.54 Å². The molecule has 0 radical (unpaired) electrons. The third kappa shape index (κ3) is 7.22. The SMILES string of the molecule is Cc1ccccc1CN1CCN(C(=O)CN2CCNCC2)CC1.Cl.Cl.Cl. The topological polar surface area (TPSA) is 38.8 Å². The first kappa shape index (κ1) is 25.4. The van der Waals surface area contributed by atoms with Crippen LogP contribution in [-0.4, -0.2) is 79.5 Å². The molecule has 2 aliphatic rings. The van der Waals surface area contributed by atoms with Gasteiger partial charge < -0.3 is 10.2 Å². The third-order valence-corrected chi connectivity index (χ3v) is 4.95. The molecule has 0 saturated carbocycles. The Balaban J connectivity index is 0.00000208. The summed E-state index contributed by atoms with van der Waals surface area (Å²) < 4.78 is 0. The predicted molar refractivity (Wildman–Crippen MR) is 114 cm³/mol. The molecule has 0 atom stereocenters. The second kappa shape index (κ2) is 12.8. The smallest absolute Gasteiger partial charge is 0.236 e. The standard InChI is InChI=1S/C18H28N4O.3ClH/c1-16-4-2-3-5-17(16)14-21-10-12-22(13-11-21)18(23)15-20-8-6-19-7-9-20;;;/h2-5,19H,6-15H2,1H3;3*1H. The molecule has 1 aromatic carbocycles. The van der Waals surface area contributed by atoms with Crippen molar-refractivity contribution in [3.63, 3.8) is 0 Å². The second-order valence-electron chi connectivity index (χ2n) is 6.61. The van der Waals surface area contributed by atoms with Crippen molar-refractivity contribution >= 4 is 43.1 Å². The van der Waals surface area contributed by atoms with Gasteiger partial charge in [-0.3, -0.25) is 14.6 Å². The lowest BCUT2D eigenvalue weighted by Gasteiger charge is -2.36. The minimum Gasteiger partial charge on any atom is -0.339 e. The Hall–Kier alpha value is -0.560. The van der Waals surface area contributed by atoms with Crippen LogP contribution in [0.5, 0.6) is 0 Å². The van der Waals surface area contributed by atoms with Crippen LogP contribution in [0.25, 0.3) is 0 Å². The lowest BCUT2D eigenvalue weighted by molar-refractivity contribution is -0.134. The van der Waals surface area contributed by atoms with Gasteiger partial charge in [-0.25, -0.2) is 0 Å². The van der Waals surface area contributed by atoms with Crippen LogP contribution in [0, 0.1) is 6.92 Å². The number of nitrogens with zero attached hydrogens (tertiary/aromatic N) is 3. The highest BCUT2D eigenvalue weighted by Gasteiger charge is 2.23. The van der Waals surface area contributed by atoms with E-state index in [1.54, 1.807) is 0 Å². The first-order valence-electron chi connectivity index (χ1n) is 8.70. The molecule has 1 amide bonds. The highest BCUT2D eigenvalue weighted by atomic mass is 35.5. The Morgan fingerprint density at radius 2 is 1.54 bits per heavy atom. The van der Waals surface area contributed by atoms with Crippen LogP contribution in [0.1, 0.15) is 11.1 Å². The summed E-state index contributed by atoms with van der Waals surface area (Å²) in [4.78, 5) is 19.2. The molecule has 1 aromatic rings. The summed E-state index contributed by atoms with van der Waals surface area (Å²) in [5.74, 6) is 0.294. The normalized spacial score (nSPS) is 18.3. The average molecular weight is 426 g/mol. The van der Waals surface area contributed by atoms with E-state index < -0.39 is 0 Å². The molecule has 2 fully saturated rings. The maximum atomic E-state index is 12.4. The van der Waals surface area contributed by atoms with E-state index >= 15 is 0 Å². The Labute approximate surface area is 175 Å². The number of hydrogen-bond donors (Lipinski definition) is 1. The van der Waals surface area contributed by atoms with E-state index in [1.807, 2.05) is 4.90 Å². The number of piperazine rings is 2. The molecule has 0 spiro atoms. The van der Waals surface area contributed by atoms with Crippen LogP contribution in [0.4, 0.5) is 0 Å². The van der Waals surface area contributed by atoms with Crippen molar-refractivity contribution in [1.82, 2.24) is 20.0 Å². The van der Waals surface area contributed by atoms with Crippen LogP contribution >= 0.6 is 37.2 Å². The molecule has 2 aliphatic heterocycles. The Morgan fingerprint density at radius 3 is 2.15 bits per heavy atom. The molecule has 2 saturated heterocycles. The number of aryl methyl sites for hydroxylation is 1. The summed E-state index contributed by atoms with van der Waals surface area (Å²) in [7, 11) is 0. The van der Waals surface area contributed by atoms with Gasteiger partial charge >= 0.3 is 0 Å². The molecule has 5 nitrogen and oxygen atoms in total. The van der Waals surface area contributed by atoms with E-state index in [4.69, 9.17) is 0 Å². The maximum Gasteiger partial charge on any atom is 0.236 e. The van der Waals surface area contributed by atoms with Gasteiger partial charge in [0, 0.05) is 58.9 Å². The van der Waals surface area contributed by atoms with Crippen molar-refractivity contribution in [2.24, 2.45) is 0 Å². The molecule has 0 unspecified atom stereocenters. The summed E-state index contributed by atoms with van der Waals surface area (Å²) in [5.41, 5.74) is 2.75. The van der Waals surface area contributed by atoms with Crippen molar-refractivity contribution in [2.75, 3.05) is 58.9 Å². The van der Waals surface area contributed by atoms with Crippen molar-refractivity contribution in [3.8, 4) is 0 Å². The Kier molecular flexibility index (Phi) is 12.5. The van der Waals surface area contributed by atoms with Gasteiger partial charge in [0.15, 0.2) is 0 Å². The summed E-state index contributed by atoms with van der Waals surface area (Å²) in [5, 5.41) is 3.33. The number of benzene rings is 1. The van der Waals surface area contributed by atoms with Gasteiger partial charge in [-0.05, 0) is 18.1 Å². The molecule has 0 aliphatic carbocycles. The van der Waals surface area contributed by atoms with Gasteiger partial charge in [0.1, 0.15) is 0 Å². The molecule has 150 valence electrons. The fraction of sp³-hybridized carbons (Fsp3) is 0.611. The second-order valence-corrected chi connectivity index (χ2v) is 6.61. The molecular weight excluding hydrogens is 395 g/mol. The van der Waals surface area contributed by atoms with E-state index in [0.29, 0.717) is 12.5 Å². The van der Waals surface area contributed by atoms with E-state index in [1.165, 1.54) is 11.1 Å². The lowest BCUT2D eigenvalue weighted by Crippen LogP contribution is -2.53. The Morgan fingerprint density at radius 1 is 0.923 bits per heavy atom. The van der Waals surface area contributed by atoms with Crippen LogP contribution in [0.2, 0.25) is 0 Å². The molecule has 0 aromatic heterocycles. The van der Waals surface area contributed by atoms with Crippen LogP contribution < -0.4 is 5.32 Å². The molecule has 8 heteroatoms. The van der Waals surface area contributed by atoms with E-state index in [-0.39, 0.29) is 37.2 Å². The van der Waals surface area contributed by atoms with Crippen LogP contribution in [0.3, 0.4) is 0 Å². The lowest BCUT2D eigenvalue weighted by atomic mass is 10.1. The van der Waals surface area contributed by atoms with Gasteiger partial charge in [-0.15, -0.1) is 37.2 Å². The third-order valence-electron chi connectivity index (χ3n) is 4.95. The zero-order valence-electron chi connectivity index (χ0n) is 15.4. The van der Waals surface area contributed by atoms with Crippen molar-refractivity contribution in [3.05, 3.63) is 35.4 Å². The van der Waals surface area contributed by atoms with Crippen molar-refractivity contribution < 1.29 is 4.79 Å². The fourth-order valence-corrected chi connectivity index (χ4v) is 3.34. The average Bonchev–Trinajstić information content (AvgIpc) is 2.58. The monoisotopic (exact) mass is 424 g/mol. The number of halogens is 3. The summed E-state index contributed by atoms with van der Waals surface area (Å²) in [6, 6.07) is 8.57. The minimum atomic E-state index is 0. The number of amides is 1. The van der Waals surface area contributed by atoms with E-state index in [0.717, 1.165) is 58.9 Å². The van der Waals surface area contributed by atoms with Crippen LogP contribution in [0.15, 0.2) is 24.3 Å². The molecule has 1 N–H and O–H groups in total. The molecule has 2 heterocycles. The van der Waals surface area contributed by atoms with Crippen molar-refractivity contribution in [2.45, 2.75) is 13.5 Å². The zero-order chi connectivity index (χ0) is 16.1. The van der Waals surface area contributed by atoms with Crippen molar-refractivity contribution in [1.29, 1.82) is 0 Å². The number of carbonyl (C=O) groups excluding carboxylic acids is 1. The Bertz CT molecular complexity index is 533. The predicted octanol–water partition coefficient (Wildman–Crippen LogP) is 1.81. The number of carbonyl (C=O) groups is 1. The van der Waals surface area contributed by atoms with Gasteiger partial charge in [0.25, 0.3) is 0 Å². The summed E-state index contributed by atoms with van der Waals surface area (Å²) in [6.45, 7) is 11.4. The molecule has 26 heavy (non-hydrogen) atoms. The summed E-state index contributed by atoms with van der Waals surface area (Å²) in [6.07, 6.45) is 0. The highest BCUT2D eigenvalue weighted by Crippen LogP contribution is 2.12. The largest absolute Gasteiger partial charge is 0.339 e.